The van der Waals surface area contributed by atoms with Crippen LogP contribution >= 0.6 is 0 Å². The number of carbonyl (C=O) groups is 1. The molecule has 1 aliphatic carbocycles. The van der Waals surface area contributed by atoms with Crippen molar-refractivity contribution >= 4 is 11.7 Å². The van der Waals surface area contributed by atoms with Crippen molar-refractivity contribution in [2.75, 3.05) is 5.32 Å². The number of phenolic OH excluding ortho intramolecular Hbond substituents is 1. The zero-order valence-corrected chi connectivity index (χ0v) is 10.5. The Balaban J connectivity index is 1.86. The third-order valence-corrected chi connectivity index (χ3v) is 3.34. The summed E-state index contributed by atoms with van der Waals surface area (Å²) in [4.78, 5) is 11.8. The number of hydrogen-bond donors (Lipinski definition) is 3. The average molecular weight is 248 g/mol. The van der Waals surface area contributed by atoms with E-state index in [0.717, 1.165) is 12.8 Å². The molecule has 1 aromatic carbocycles. The van der Waals surface area contributed by atoms with Gasteiger partial charge >= 0.3 is 6.03 Å². The molecule has 1 aromatic rings. The lowest BCUT2D eigenvalue weighted by Gasteiger charge is -2.17. The van der Waals surface area contributed by atoms with Crippen molar-refractivity contribution in [2.24, 2.45) is 0 Å². The molecule has 1 aliphatic rings. The highest BCUT2D eigenvalue weighted by Crippen LogP contribution is 2.22. The molecule has 0 bridgehead atoms. The smallest absolute Gasteiger partial charge is 0.319 e. The van der Waals surface area contributed by atoms with Crippen LogP contribution in [0, 0.1) is 0 Å². The van der Waals surface area contributed by atoms with E-state index in [-0.39, 0.29) is 17.8 Å². The van der Waals surface area contributed by atoms with E-state index in [2.05, 4.69) is 10.6 Å². The number of nitrogens with one attached hydrogen (secondary N) is 2. The predicted octanol–water partition coefficient (Wildman–Crippen LogP) is 3.24. The minimum atomic E-state index is -0.233. The van der Waals surface area contributed by atoms with Gasteiger partial charge < -0.3 is 15.7 Å². The zero-order chi connectivity index (χ0) is 12.8. The molecule has 4 nitrogen and oxygen atoms in total. The molecule has 2 rings (SSSR count). The lowest BCUT2D eigenvalue weighted by Crippen LogP contribution is -2.37. The molecule has 98 valence electrons. The summed E-state index contributed by atoms with van der Waals surface area (Å²) in [5, 5.41) is 15.2. The molecule has 1 saturated carbocycles. The van der Waals surface area contributed by atoms with Gasteiger partial charge in [-0.05, 0) is 25.0 Å². The van der Waals surface area contributed by atoms with Crippen LogP contribution in [0.15, 0.2) is 24.3 Å². The van der Waals surface area contributed by atoms with Crippen LogP contribution < -0.4 is 10.6 Å². The first kappa shape index (κ1) is 12.7. The third-order valence-electron chi connectivity index (χ3n) is 3.34. The van der Waals surface area contributed by atoms with Crippen LogP contribution in [0.2, 0.25) is 0 Å². The van der Waals surface area contributed by atoms with Gasteiger partial charge in [-0.15, -0.1) is 0 Å². The van der Waals surface area contributed by atoms with Crippen LogP contribution in [-0.4, -0.2) is 17.2 Å². The lowest BCUT2D eigenvalue weighted by atomic mass is 10.1. The minimum absolute atomic E-state index is 0.0912. The van der Waals surface area contributed by atoms with Crippen molar-refractivity contribution in [1.82, 2.24) is 5.32 Å². The summed E-state index contributed by atoms with van der Waals surface area (Å²) < 4.78 is 0. The number of anilines is 1. The number of benzene rings is 1. The van der Waals surface area contributed by atoms with E-state index in [0.29, 0.717) is 5.69 Å². The molecule has 0 atom stereocenters. The Labute approximate surface area is 107 Å². The normalized spacial score (nSPS) is 16.9. The van der Waals surface area contributed by atoms with Gasteiger partial charge in [-0.2, -0.15) is 0 Å². The molecule has 18 heavy (non-hydrogen) atoms. The van der Waals surface area contributed by atoms with E-state index >= 15 is 0 Å². The average Bonchev–Trinajstić information content (AvgIpc) is 2.61. The molecule has 0 saturated heterocycles. The maximum Gasteiger partial charge on any atom is 0.319 e. The Morgan fingerprint density at radius 3 is 2.44 bits per heavy atom. The van der Waals surface area contributed by atoms with E-state index in [9.17, 15) is 9.90 Å². The van der Waals surface area contributed by atoms with Gasteiger partial charge in [0, 0.05) is 6.04 Å². The Hall–Kier alpha value is -1.71. The van der Waals surface area contributed by atoms with Crippen molar-refractivity contribution < 1.29 is 9.90 Å². The predicted molar refractivity (Wildman–Crippen MR) is 71.8 cm³/mol. The van der Waals surface area contributed by atoms with Gasteiger partial charge in [0.15, 0.2) is 0 Å². The largest absolute Gasteiger partial charge is 0.506 e. The third kappa shape index (κ3) is 3.65. The summed E-state index contributed by atoms with van der Waals surface area (Å²) >= 11 is 0. The van der Waals surface area contributed by atoms with E-state index in [4.69, 9.17) is 0 Å². The van der Waals surface area contributed by atoms with Gasteiger partial charge in [0.25, 0.3) is 0 Å². The maximum atomic E-state index is 11.8. The number of rotatable bonds is 2. The zero-order valence-electron chi connectivity index (χ0n) is 10.5. The first-order valence-electron chi connectivity index (χ1n) is 6.61. The first-order valence-corrected chi connectivity index (χ1v) is 6.61. The second-order valence-corrected chi connectivity index (χ2v) is 4.80. The van der Waals surface area contributed by atoms with Crippen LogP contribution in [-0.2, 0) is 0 Å². The Morgan fingerprint density at radius 1 is 1.11 bits per heavy atom. The summed E-state index contributed by atoms with van der Waals surface area (Å²) in [6, 6.07) is 6.77. The number of carbonyl (C=O) groups excluding carboxylic acids is 1. The van der Waals surface area contributed by atoms with Crippen molar-refractivity contribution in [3.05, 3.63) is 24.3 Å². The molecule has 0 aromatic heterocycles. The van der Waals surface area contributed by atoms with E-state index in [1.54, 1.807) is 24.3 Å². The van der Waals surface area contributed by atoms with Crippen LogP contribution in [0.25, 0.3) is 0 Å². The van der Waals surface area contributed by atoms with Gasteiger partial charge in [0.2, 0.25) is 0 Å². The summed E-state index contributed by atoms with van der Waals surface area (Å²) in [5.41, 5.74) is 0.448. The number of urea groups is 1. The fourth-order valence-electron chi connectivity index (χ4n) is 2.35. The highest BCUT2D eigenvalue weighted by molar-refractivity contribution is 5.90. The summed E-state index contributed by atoms with van der Waals surface area (Å²) in [7, 11) is 0. The topological polar surface area (TPSA) is 61.4 Å². The fourth-order valence-corrected chi connectivity index (χ4v) is 2.35. The van der Waals surface area contributed by atoms with Crippen molar-refractivity contribution in [1.29, 1.82) is 0 Å². The molecule has 2 amide bonds. The Kier molecular flexibility index (Phi) is 4.45. The molecule has 3 N–H and O–H groups in total. The molecular weight excluding hydrogens is 228 g/mol. The van der Waals surface area contributed by atoms with Gasteiger partial charge in [-0.3, -0.25) is 0 Å². The lowest BCUT2D eigenvalue weighted by molar-refractivity contribution is 0.247. The Morgan fingerprint density at radius 2 is 1.78 bits per heavy atom. The molecule has 0 spiro atoms. The van der Waals surface area contributed by atoms with Gasteiger partial charge in [-0.1, -0.05) is 37.8 Å². The maximum absolute atomic E-state index is 11.8. The number of aromatic hydroxyl groups is 1. The number of amides is 2. The standard InChI is InChI=1S/C14H20N2O2/c17-13-10-6-5-9-12(13)16-14(18)15-11-7-3-1-2-4-8-11/h5-6,9-11,17H,1-4,7-8H2,(H2,15,16,18). The molecule has 1 fully saturated rings. The van der Waals surface area contributed by atoms with Crippen LogP contribution in [0.4, 0.5) is 10.5 Å². The van der Waals surface area contributed by atoms with E-state index in [1.165, 1.54) is 25.7 Å². The fraction of sp³-hybridized carbons (Fsp3) is 0.500. The second kappa shape index (κ2) is 6.28. The quantitative estimate of drug-likeness (QED) is 0.556. The molecule has 0 aliphatic heterocycles. The van der Waals surface area contributed by atoms with Crippen molar-refractivity contribution in [3.8, 4) is 5.75 Å². The Bertz CT molecular complexity index is 399. The number of hydrogen-bond acceptors (Lipinski definition) is 2. The summed E-state index contributed by atoms with van der Waals surface area (Å²) in [6.45, 7) is 0. The highest BCUT2D eigenvalue weighted by Gasteiger charge is 2.15. The molecular formula is C14H20N2O2. The molecule has 0 unspecified atom stereocenters. The minimum Gasteiger partial charge on any atom is -0.506 e. The summed E-state index contributed by atoms with van der Waals surface area (Å²) in [5.74, 6) is 0.0912. The van der Waals surface area contributed by atoms with Gasteiger partial charge in [-0.25, -0.2) is 4.79 Å². The SMILES string of the molecule is O=C(Nc1ccccc1O)NC1CCCCCC1. The second-order valence-electron chi connectivity index (χ2n) is 4.80. The van der Waals surface area contributed by atoms with Gasteiger partial charge in [0.05, 0.1) is 5.69 Å². The molecule has 0 radical (unpaired) electrons. The van der Waals surface area contributed by atoms with Gasteiger partial charge in [0.1, 0.15) is 5.75 Å². The molecule has 0 heterocycles. The highest BCUT2D eigenvalue weighted by atomic mass is 16.3. The first-order chi connectivity index (χ1) is 8.75. The monoisotopic (exact) mass is 248 g/mol. The number of para-hydroxylation sites is 2. The van der Waals surface area contributed by atoms with Crippen molar-refractivity contribution in [3.63, 3.8) is 0 Å². The van der Waals surface area contributed by atoms with E-state index < -0.39 is 0 Å². The van der Waals surface area contributed by atoms with Crippen LogP contribution in [0.3, 0.4) is 0 Å². The molecule has 4 heteroatoms. The van der Waals surface area contributed by atoms with Crippen LogP contribution in [0.1, 0.15) is 38.5 Å². The summed E-state index contributed by atoms with van der Waals surface area (Å²) in [6.07, 6.45) is 6.99. The number of phenols is 1. The van der Waals surface area contributed by atoms with Crippen LogP contribution in [0.5, 0.6) is 5.75 Å². The van der Waals surface area contributed by atoms with E-state index in [1.807, 2.05) is 0 Å². The van der Waals surface area contributed by atoms with Crippen molar-refractivity contribution in [2.45, 2.75) is 44.6 Å².